The number of hydrogen-bond acceptors (Lipinski definition) is 2. The van der Waals surface area contributed by atoms with Gasteiger partial charge >= 0.3 is 0 Å². The average Bonchev–Trinajstić information content (AvgIpc) is 2.66. The van der Waals surface area contributed by atoms with Crippen LogP contribution in [0.15, 0.2) is 24.3 Å². The molecule has 0 bridgehead atoms. The molecule has 1 aliphatic carbocycles. The third kappa shape index (κ3) is 1.13. The SMILES string of the molecule is CC1(C)[C@@H](N)[C@@H]1c1ccccc1C#N. The van der Waals surface area contributed by atoms with Crippen molar-refractivity contribution in [2.24, 2.45) is 11.1 Å². The number of hydrogen-bond donors (Lipinski definition) is 1. The summed E-state index contributed by atoms with van der Waals surface area (Å²) in [5.41, 5.74) is 8.00. The number of nitrogens with zero attached hydrogens (tertiary/aromatic N) is 1. The number of nitriles is 1. The average molecular weight is 186 g/mol. The normalized spacial score (nSPS) is 28.1. The van der Waals surface area contributed by atoms with Gasteiger partial charge < -0.3 is 5.73 Å². The van der Waals surface area contributed by atoms with E-state index < -0.39 is 0 Å². The van der Waals surface area contributed by atoms with Gasteiger partial charge in [0, 0.05) is 12.0 Å². The van der Waals surface area contributed by atoms with Crippen LogP contribution in [0.5, 0.6) is 0 Å². The minimum Gasteiger partial charge on any atom is -0.327 e. The molecule has 0 amide bonds. The molecule has 2 heteroatoms. The number of benzene rings is 1. The molecule has 0 spiro atoms. The Kier molecular flexibility index (Phi) is 1.87. The van der Waals surface area contributed by atoms with Crippen LogP contribution >= 0.6 is 0 Å². The van der Waals surface area contributed by atoms with Crippen LogP contribution in [-0.4, -0.2) is 6.04 Å². The first-order chi connectivity index (χ1) is 6.59. The maximum Gasteiger partial charge on any atom is 0.0994 e. The van der Waals surface area contributed by atoms with E-state index >= 15 is 0 Å². The lowest BCUT2D eigenvalue weighted by atomic mass is 9.99. The fraction of sp³-hybridized carbons (Fsp3) is 0.417. The number of rotatable bonds is 1. The summed E-state index contributed by atoms with van der Waals surface area (Å²) in [4.78, 5) is 0. The van der Waals surface area contributed by atoms with Gasteiger partial charge in [0.05, 0.1) is 11.6 Å². The molecule has 14 heavy (non-hydrogen) atoms. The van der Waals surface area contributed by atoms with Gasteiger partial charge in [0.25, 0.3) is 0 Å². The van der Waals surface area contributed by atoms with Gasteiger partial charge in [-0.3, -0.25) is 0 Å². The van der Waals surface area contributed by atoms with Crippen LogP contribution < -0.4 is 5.73 Å². The van der Waals surface area contributed by atoms with Crippen LogP contribution in [-0.2, 0) is 0 Å². The van der Waals surface area contributed by atoms with E-state index in [0.717, 1.165) is 11.1 Å². The predicted molar refractivity (Wildman–Crippen MR) is 55.7 cm³/mol. The first kappa shape index (κ1) is 9.23. The van der Waals surface area contributed by atoms with E-state index in [1.54, 1.807) is 0 Å². The molecule has 1 aliphatic rings. The molecule has 2 nitrogen and oxygen atoms in total. The van der Waals surface area contributed by atoms with Crippen LogP contribution in [0, 0.1) is 16.7 Å². The molecule has 1 fully saturated rings. The fourth-order valence-electron chi connectivity index (χ4n) is 2.14. The van der Waals surface area contributed by atoms with Crippen LogP contribution in [0.4, 0.5) is 0 Å². The van der Waals surface area contributed by atoms with Crippen molar-refractivity contribution in [3.8, 4) is 6.07 Å². The Labute approximate surface area is 84.3 Å². The van der Waals surface area contributed by atoms with Crippen LogP contribution in [0.1, 0.15) is 30.9 Å². The van der Waals surface area contributed by atoms with Gasteiger partial charge in [0.1, 0.15) is 0 Å². The van der Waals surface area contributed by atoms with Gasteiger partial charge in [-0.1, -0.05) is 32.0 Å². The fourth-order valence-corrected chi connectivity index (χ4v) is 2.14. The largest absolute Gasteiger partial charge is 0.327 e. The third-order valence-corrected chi connectivity index (χ3v) is 3.33. The molecular weight excluding hydrogens is 172 g/mol. The van der Waals surface area contributed by atoms with Crippen molar-refractivity contribution in [1.29, 1.82) is 5.26 Å². The van der Waals surface area contributed by atoms with Crippen molar-refractivity contribution >= 4 is 0 Å². The lowest BCUT2D eigenvalue weighted by Crippen LogP contribution is -2.06. The predicted octanol–water partition coefficient (Wildman–Crippen LogP) is 2.01. The van der Waals surface area contributed by atoms with E-state index in [1.165, 1.54) is 0 Å². The Morgan fingerprint density at radius 1 is 1.36 bits per heavy atom. The highest BCUT2D eigenvalue weighted by Crippen LogP contribution is 2.57. The summed E-state index contributed by atoms with van der Waals surface area (Å²) in [6.07, 6.45) is 0. The maximum absolute atomic E-state index is 8.96. The second-order valence-electron chi connectivity index (χ2n) is 4.52. The molecule has 2 rings (SSSR count). The van der Waals surface area contributed by atoms with Gasteiger partial charge in [-0.2, -0.15) is 5.26 Å². The lowest BCUT2D eigenvalue weighted by Gasteiger charge is -2.04. The van der Waals surface area contributed by atoms with E-state index in [0.29, 0.717) is 5.92 Å². The molecule has 0 unspecified atom stereocenters. The van der Waals surface area contributed by atoms with Crippen molar-refractivity contribution in [3.05, 3.63) is 35.4 Å². The monoisotopic (exact) mass is 186 g/mol. The topological polar surface area (TPSA) is 49.8 Å². The maximum atomic E-state index is 8.96. The standard InChI is InChI=1S/C12H14N2/c1-12(2)10(11(12)14)9-6-4-3-5-8(9)7-13/h3-6,10-11H,14H2,1-2H3/t10-,11-/m0/s1. The second kappa shape index (κ2) is 2.83. The van der Waals surface area contributed by atoms with E-state index in [9.17, 15) is 0 Å². The smallest absolute Gasteiger partial charge is 0.0994 e. The quantitative estimate of drug-likeness (QED) is 0.729. The second-order valence-corrected chi connectivity index (χ2v) is 4.52. The summed E-state index contributed by atoms with van der Waals surface area (Å²) in [5.74, 6) is 0.346. The molecule has 1 saturated carbocycles. The Hall–Kier alpha value is -1.33. The lowest BCUT2D eigenvalue weighted by molar-refractivity contribution is 0.599. The summed E-state index contributed by atoms with van der Waals surface area (Å²) in [6, 6.07) is 10.1. The summed E-state index contributed by atoms with van der Waals surface area (Å²) >= 11 is 0. The van der Waals surface area contributed by atoms with Crippen molar-refractivity contribution in [3.63, 3.8) is 0 Å². The highest BCUT2D eigenvalue weighted by atomic mass is 14.8. The molecular formula is C12H14N2. The molecule has 0 saturated heterocycles. The van der Waals surface area contributed by atoms with Gasteiger partial charge in [0.15, 0.2) is 0 Å². The van der Waals surface area contributed by atoms with Crippen molar-refractivity contribution in [2.75, 3.05) is 0 Å². The zero-order valence-electron chi connectivity index (χ0n) is 8.49. The van der Waals surface area contributed by atoms with Crippen LogP contribution in [0.2, 0.25) is 0 Å². The Morgan fingerprint density at radius 3 is 2.43 bits per heavy atom. The Bertz CT molecular complexity index is 401. The third-order valence-electron chi connectivity index (χ3n) is 3.33. The minimum atomic E-state index is 0.146. The summed E-state index contributed by atoms with van der Waals surface area (Å²) in [5, 5.41) is 8.96. The summed E-state index contributed by atoms with van der Waals surface area (Å²) < 4.78 is 0. The zero-order chi connectivity index (χ0) is 10.3. The molecule has 0 aromatic heterocycles. The molecule has 72 valence electrons. The summed E-state index contributed by atoms with van der Waals surface area (Å²) in [7, 11) is 0. The minimum absolute atomic E-state index is 0.146. The van der Waals surface area contributed by atoms with Gasteiger partial charge in [-0.15, -0.1) is 0 Å². The summed E-state index contributed by atoms with van der Waals surface area (Å²) in [6.45, 7) is 4.30. The number of nitrogens with two attached hydrogens (primary N) is 1. The van der Waals surface area contributed by atoms with Crippen LogP contribution in [0.3, 0.4) is 0 Å². The zero-order valence-corrected chi connectivity index (χ0v) is 8.49. The van der Waals surface area contributed by atoms with Gasteiger partial charge in [0.2, 0.25) is 0 Å². The van der Waals surface area contributed by atoms with E-state index in [1.807, 2.05) is 24.3 Å². The van der Waals surface area contributed by atoms with E-state index in [-0.39, 0.29) is 11.5 Å². The molecule has 0 heterocycles. The molecule has 1 aromatic rings. The van der Waals surface area contributed by atoms with Crippen molar-refractivity contribution in [2.45, 2.75) is 25.8 Å². The molecule has 2 atom stereocenters. The van der Waals surface area contributed by atoms with Crippen molar-refractivity contribution < 1.29 is 0 Å². The first-order valence-electron chi connectivity index (χ1n) is 4.83. The molecule has 0 radical (unpaired) electrons. The molecule has 1 aromatic carbocycles. The molecule has 2 N–H and O–H groups in total. The Morgan fingerprint density at radius 2 is 1.93 bits per heavy atom. The first-order valence-corrected chi connectivity index (χ1v) is 4.83. The van der Waals surface area contributed by atoms with E-state index in [2.05, 4.69) is 19.9 Å². The highest BCUT2D eigenvalue weighted by molar-refractivity contribution is 5.45. The van der Waals surface area contributed by atoms with E-state index in [4.69, 9.17) is 11.0 Å². The van der Waals surface area contributed by atoms with Gasteiger partial charge in [-0.05, 0) is 17.0 Å². The van der Waals surface area contributed by atoms with Gasteiger partial charge in [-0.25, -0.2) is 0 Å². The Balaban J connectivity index is 2.41. The highest BCUT2D eigenvalue weighted by Gasteiger charge is 2.56. The van der Waals surface area contributed by atoms with Crippen molar-refractivity contribution in [1.82, 2.24) is 0 Å². The molecule has 0 aliphatic heterocycles. The van der Waals surface area contributed by atoms with Crippen LogP contribution in [0.25, 0.3) is 0 Å².